The quantitative estimate of drug-likeness (QED) is 0.693. The molecule has 22 heavy (non-hydrogen) atoms. The summed E-state index contributed by atoms with van der Waals surface area (Å²) < 4.78 is 1.97. The Hall–Kier alpha value is -2.37. The fraction of sp³-hybridized carbons (Fsp3) is 0.438. The Labute approximate surface area is 130 Å². The van der Waals surface area contributed by atoms with Gasteiger partial charge in [0.25, 0.3) is 0 Å². The van der Waals surface area contributed by atoms with Crippen LogP contribution >= 0.6 is 0 Å². The van der Waals surface area contributed by atoms with Crippen molar-refractivity contribution in [3.05, 3.63) is 42.1 Å². The van der Waals surface area contributed by atoms with E-state index in [0.29, 0.717) is 0 Å². The second-order valence-corrected chi connectivity index (χ2v) is 5.46. The first kappa shape index (κ1) is 14.6. The summed E-state index contributed by atoms with van der Waals surface area (Å²) in [6, 6.07) is 4.11. The molecule has 1 aliphatic rings. The minimum Gasteiger partial charge on any atom is -0.352 e. The number of aryl methyl sites for hydroxylation is 1. The highest BCUT2D eigenvalue weighted by atomic mass is 15.3. The zero-order valence-electron chi connectivity index (χ0n) is 13.2. The van der Waals surface area contributed by atoms with Crippen LogP contribution in [0.1, 0.15) is 24.2 Å². The molecule has 0 radical (unpaired) electrons. The number of hydrogen-bond acceptors (Lipinski definition) is 3. The van der Waals surface area contributed by atoms with Crippen molar-refractivity contribution in [2.45, 2.75) is 26.3 Å². The van der Waals surface area contributed by atoms with Gasteiger partial charge in [-0.3, -0.25) is 9.56 Å². The van der Waals surface area contributed by atoms with Crippen LogP contribution in [0.5, 0.6) is 0 Å². The Bertz CT molecular complexity index is 637. The van der Waals surface area contributed by atoms with Gasteiger partial charge in [0, 0.05) is 45.3 Å². The van der Waals surface area contributed by atoms with E-state index in [0.717, 1.165) is 42.8 Å². The number of pyridine rings is 1. The maximum absolute atomic E-state index is 4.51. The maximum Gasteiger partial charge on any atom is 0.193 e. The lowest BCUT2D eigenvalue weighted by Gasteiger charge is -2.20. The van der Waals surface area contributed by atoms with Crippen LogP contribution in [0.2, 0.25) is 0 Å². The number of guanidine groups is 1. The van der Waals surface area contributed by atoms with Crippen molar-refractivity contribution < 1.29 is 0 Å². The predicted octanol–water partition coefficient (Wildman–Crippen LogP) is 1.75. The average molecular weight is 298 g/mol. The van der Waals surface area contributed by atoms with Gasteiger partial charge in [0.15, 0.2) is 5.96 Å². The van der Waals surface area contributed by atoms with Gasteiger partial charge in [-0.2, -0.15) is 0 Å². The molecule has 0 spiro atoms. The number of hydrogen-bond donors (Lipinski definition) is 1. The van der Waals surface area contributed by atoms with Gasteiger partial charge < -0.3 is 10.2 Å². The number of aliphatic imine (C=N–C) groups is 1. The van der Waals surface area contributed by atoms with E-state index in [1.165, 1.54) is 12.8 Å². The molecule has 6 nitrogen and oxygen atoms in total. The molecule has 0 bridgehead atoms. The summed E-state index contributed by atoms with van der Waals surface area (Å²) in [5.74, 6) is 2.81. The standard InChI is InChI=1S/C16H22N6/c1-13-18-7-10-22(13)15-6-5-14(11-19-15)12-20-16(17-2)21-8-3-4-9-21/h5-7,10-11H,3-4,8-9,12H2,1-2H3,(H,17,20). The lowest BCUT2D eigenvalue weighted by Crippen LogP contribution is -2.39. The Morgan fingerprint density at radius 1 is 1.27 bits per heavy atom. The molecule has 1 aliphatic heterocycles. The first-order chi connectivity index (χ1) is 10.8. The summed E-state index contributed by atoms with van der Waals surface area (Å²) in [4.78, 5) is 15.4. The van der Waals surface area contributed by atoms with Crippen molar-refractivity contribution in [3.8, 4) is 5.82 Å². The monoisotopic (exact) mass is 298 g/mol. The molecule has 0 unspecified atom stereocenters. The number of imidazole rings is 1. The molecule has 2 aromatic heterocycles. The normalized spacial score (nSPS) is 15.4. The number of nitrogens with zero attached hydrogens (tertiary/aromatic N) is 5. The third-order valence-corrected chi connectivity index (χ3v) is 3.95. The van der Waals surface area contributed by atoms with Crippen LogP contribution in [0, 0.1) is 6.92 Å². The molecule has 0 amide bonds. The molecule has 1 fully saturated rings. The van der Waals surface area contributed by atoms with E-state index in [-0.39, 0.29) is 0 Å². The average Bonchev–Trinajstić information content (AvgIpc) is 3.20. The summed E-state index contributed by atoms with van der Waals surface area (Å²) in [5.41, 5.74) is 1.14. The Balaban J connectivity index is 1.62. The van der Waals surface area contributed by atoms with Crippen LogP contribution < -0.4 is 5.32 Å². The van der Waals surface area contributed by atoms with Gasteiger partial charge in [-0.15, -0.1) is 0 Å². The molecule has 2 aromatic rings. The topological polar surface area (TPSA) is 58.3 Å². The summed E-state index contributed by atoms with van der Waals surface area (Å²) in [7, 11) is 1.84. The van der Waals surface area contributed by atoms with Crippen LogP contribution in [0.15, 0.2) is 35.7 Å². The zero-order valence-corrected chi connectivity index (χ0v) is 13.2. The van der Waals surface area contributed by atoms with Crippen molar-refractivity contribution in [1.82, 2.24) is 24.8 Å². The van der Waals surface area contributed by atoms with E-state index < -0.39 is 0 Å². The molecule has 116 valence electrons. The van der Waals surface area contributed by atoms with Gasteiger partial charge in [-0.05, 0) is 31.4 Å². The minimum absolute atomic E-state index is 0.735. The maximum atomic E-state index is 4.51. The fourth-order valence-electron chi connectivity index (χ4n) is 2.73. The highest BCUT2D eigenvalue weighted by molar-refractivity contribution is 5.80. The van der Waals surface area contributed by atoms with Gasteiger partial charge in [0.1, 0.15) is 11.6 Å². The predicted molar refractivity (Wildman–Crippen MR) is 87.1 cm³/mol. The minimum atomic E-state index is 0.735. The van der Waals surface area contributed by atoms with Gasteiger partial charge in [-0.1, -0.05) is 6.07 Å². The summed E-state index contributed by atoms with van der Waals surface area (Å²) in [5, 5.41) is 3.41. The van der Waals surface area contributed by atoms with Crippen molar-refractivity contribution >= 4 is 5.96 Å². The second kappa shape index (κ2) is 6.60. The van der Waals surface area contributed by atoms with E-state index in [9.17, 15) is 0 Å². The van der Waals surface area contributed by atoms with Crippen LogP contribution in [-0.4, -0.2) is 45.5 Å². The van der Waals surface area contributed by atoms with Crippen LogP contribution in [0.3, 0.4) is 0 Å². The third kappa shape index (κ3) is 3.10. The van der Waals surface area contributed by atoms with Gasteiger partial charge in [0.05, 0.1) is 0 Å². The molecule has 0 saturated carbocycles. The molecule has 0 aromatic carbocycles. The van der Waals surface area contributed by atoms with Crippen molar-refractivity contribution in [2.24, 2.45) is 4.99 Å². The van der Waals surface area contributed by atoms with Gasteiger partial charge in [-0.25, -0.2) is 9.97 Å². The summed E-state index contributed by atoms with van der Waals surface area (Å²) >= 11 is 0. The zero-order chi connectivity index (χ0) is 15.4. The largest absolute Gasteiger partial charge is 0.352 e. The highest BCUT2D eigenvalue weighted by Gasteiger charge is 2.15. The Morgan fingerprint density at radius 3 is 2.68 bits per heavy atom. The molecule has 0 aliphatic carbocycles. The molecule has 6 heteroatoms. The highest BCUT2D eigenvalue weighted by Crippen LogP contribution is 2.10. The van der Waals surface area contributed by atoms with E-state index in [1.54, 1.807) is 6.20 Å². The van der Waals surface area contributed by atoms with E-state index in [4.69, 9.17) is 0 Å². The number of nitrogens with one attached hydrogen (secondary N) is 1. The first-order valence-corrected chi connectivity index (χ1v) is 7.69. The lowest BCUT2D eigenvalue weighted by atomic mass is 10.3. The van der Waals surface area contributed by atoms with E-state index >= 15 is 0 Å². The van der Waals surface area contributed by atoms with Crippen molar-refractivity contribution in [1.29, 1.82) is 0 Å². The smallest absolute Gasteiger partial charge is 0.193 e. The summed E-state index contributed by atoms with van der Waals surface area (Å²) in [6.07, 6.45) is 8.11. The van der Waals surface area contributed by atoms with E-state index in [1.807, 2.05) is 37.0 Å². The fourth-order valence-corrected chi connectivity index (χ4v) is 2.73. The van der Waals surface area contributed by atoms with Crippen LogP contribution in [0.4, 0.5) is 0 Å². The molecule has 1 N–H and O–H groups in total. The van der Waals surface area contributed by atoms with Crippen molar-refractivity contribution in [2.75, 3.05) is 20.1 Å². The second-order valence-electron chi connectivity index (χ2n) is 5.46. The van der Waals surface area contributed by atoms with Gasteiger partial charge >= 0.3 is 0 Å². The molecule has 3 heterocycles. The molecular formula is C16H22N6. The number of rotatable bonds is 3. The van der Waals surface area contributed by atoms with E-state index in [2.05, 4.69) is 31.2 Å². The number of aromatic nitrogens is 3. The van der Waals surface area contributed by atoms with Crippen LogP contribution in [-0.2, 0) is 6.54 Å². The lowest BCUT2D eigenvalue weighted by molar-refractivity contribution is 0.493. The third-order valence-electron chi connectivity index (χ3n) is 3.95. The van der Waals surface area contributed by atoms with Gasteiger partial charge in [0.2, 0.25) is 0 Å². The molecular weight excluding hydrogens is 276 g/mol. The first-order valence-electron chi connectivity index (χ1n) is 7.69. The molecule has 0 atom stereocenters. The SMILES string of the molecule is CN=C(NCc1ccc(-n2ccnc2C)nc1)N1CCCC1. The Morgan fingerprint density at radius 2 is 2.09 bits per heavy atom. The summed E-state index contributed by atoms with van der Waals surface area (Å²) in [6.45, 7) is 4.89. The Kier molecular flexibility index (Phi) is 4.37. The molecule has 1 saturated heterocycles. The van der Waals surface area contributed by atoms with Crippen molar-refractivity contribution in [3.63, 3.8) is 0 Å². The van der Waals surface area contributed by atoms with Crippen LogP contribution in [0.25, 0.3) is 5.82 Å². The molecule has 3 rings (SSSR count). The number of likely N-dealkylation sites (tertiary alicyclic amines) is 1.